The number of rotatable bonds is 23. The molecule has 234 valence electrons. The third-order valence-corrected chi connectivity index (χ3v) is 5.25. The second-order valence-corrected chi connectivity index (χ2v) is 9.23. The Hall–Kier alpha value is -2.28. The van der Waals surface area contributed by atoms with Gasteiger partial charge in [-0.15, -0.1) is 0 Å². The van der Waals surface area contributed by atoms with Gasteiger partial charge in [-0.25, -0.2) is 0 Å². The largest absolute Gasteiger partial charge is 0.436 e. The van der Waals surface area contributed by atoms with Crippen LogP contribution >= 0.6 is 0 Å². The molecular weight excluding hydrogens is 528 g/mol. The second kappa shape index (κ2) is 22.4. The Morgan fingerprint density at radius 1 is 0.450 bits per heavy atom. The van der Waals surface area contributed by atoms with Crippen molar-refractivity contribution in [2.24, 2.45) is 11.8 Å². The lowest BCUT2D eigenvalue weighted by molar-refractivity contribution is -0.198. The lowest BCUT2D eigenvalue weighted by Gasteiger charge is -2.27. The first-order valence-electron chi connectivity index (χ1n) is 14.2. The second-order valence-electron chi connectivity index (χ2n) is 9.23. The number of ether oxygens (including phenoxy) is 8. The van der Waals surface area contributed by atoms with E-state index >= 15 is 0 Å². The Kier molecular flexibility index (Phi) is 21.1. The van der Waals surface area contributed by atoms with Gasteiger partial charge in [-0.2, -0.15) is 0 Å². The zero-order valence-electron chi connectivity index (χ0n) is 25.4. The van der Waals surface area contributed by atoms with Crippen LogP contribution in [0.1, 0.15) is 93.9 Å². The minimum atomic E-state index is -1.45. The third-order valence-electron chi connectivity index (χ3n) is 5.25. The van der Waals surface area contributed by atoms with Crippen molar-refractivity contribution in [2.45, 2.75) is 119 Å². The molecule has 0 saturated carbocycles. The van der Waals surface area contributed by atoms with Gasteiger partial charge < -0.3 is 37.9 Å². The first-order chi connectivity index (χ1) is 19.0. The van der Waals surface area contributed by atoms with E-state index in [1.807, 2.05) is 27.7 Å². The molecule has 12 nitrogen and oxygen atoms in total. The predicted molar refractivity (Wildman–Crippen MR) is 143 cm³/mol. The monoisotopic (exact) mass is 578 g/mol. The highest BCUT2D eigenvalue weighted by molar-refractivity contribution is 5.88. The van der Waals surface area contributed by atoms with E-state index in [0.29, 0.717) is 52.1 Å². The van der Waals surface area contributed by atoms with E-state index < -0.39 is 73.7 Å². The first kappa shape index (κ1) is 37.7. The van der Waals surface area contributed by atoms with Crippen LogP contribution in [0.5, 0.6) is 0 Å². The molecule has 40 heavy (non-hydrogen) atoms. The summed E-state index contributed by atoms with van der Waals surface area (Å²) in [7, 11) is 0. The van der Waals surface area contributed by atoms with Crippen molar-refractivity contribution < 1.29 is 57.1 Å². The maximum atomic E-state index is 13.3. The van der Waals surface area contributed by atoms with Crippen LogP contribution in [0, 0.1) is 11.8 Å². The summed E-state index contributed by atoms with van der Waals surface area (Å²) in [5, 5.41) is 0. The van der Waals surface area contributed by atoms with Gasteiger partial charge in [-0.05, 0) is 53.4 Å². The summed E-state index contributed by atoms with van der Waals surface area (Å²) < 4.78 is 42.9. The molecule has 0 heterocycles. The molecule has 12 heteroatoms. The minimum absolute atomic E-state index is 0.327. The van der Waals surface area contributed by atoms with Gasteiger partial charge in [0.1, 0.15) is 0 Å². The number of carbonyl (C=O) groups is 4. The molecule has 6 unspecified atom stereocenters. The Labute approximate surface area is 238 Å². The summed E-state index contributed by atoms with van der Waals surface area (Å²) in [4.78, 5) is 52.2. The Balaban J connectivity index is 6.03. The van der Waals surface area contributed by atoms with Crippen LogP contribution < -0.4 is 0 Å². The molecule has 0 aliphatic rings. The van der Waals surface area contributed by atoms with E-state index in [2.05, 4.69) is 0 Å². The van der Waals surface area contributed by atoms with Gasteiger partial charge in [0.15, 0.2) is 25.2 Å². The Bertz CT molecular complexity index is 668. The summed E-state index contributed by atoms with van der Waals surface area (Å²) in [5.41, 5.74) is 0. The van der Waals surface area contributed by atoms with E-state index in [1.165, 1.54) is 27.7 Å². The normalized spacial score (nSPS) is 15.7. The molecule has 0 aromatic rings. The molecule has 0 N–H and O–H groups in total. The van der Waals surface area contributed by atoms with Crippen LogP contribution in [0.4, 0.5) is 0 Å². The Morgan fingerprint density at radius 2 is 0.700 bits per heavy atom. The van der Waals surface area contributed by atoms with E-state index in [-0.39, 0.29) is 0 Å². The van der Waals surface area contributed by atoms with Gasteiger partial charge in [-0.1, -0.05) is 27.7 Å². The lowest BCUT2D eigenvalue weighted by Crippen LogP contribution is -2.39. The SMILES string of the molecule is CCCOC(C)OC(=O)CC(C(=O)OC(C)OCCC)C(CC(=O)OC(C)OCCC)C(=O)OC(C)OCCC. The number of hydrogen-bond donors (Lipinski definition) is 0. The van der Waals surface area contributed by atoms with Gasteiger partial charge in [0.25, 0.3) is 0 Å². The van der Waals surface area contributed by atoms with Gasteiger partial charge >= 0.3 is 23.9 Å². The Morgan fingerprint density at radius 3 is 0.950 bits per heavy atom. The summed E-state index contributed by atoms with van der Waals surface area (Å²) >= 11 is 0. The average Bonchev–Trinajstić information content (AvgIpc) is 2.89. The van der Waals surface area contributed by atoms with E-state index in [9.17, 15) is 19.2 Å². The molecule has 0 amide bonds. The van der Waals surface area contributed by atoms with Crippen molar-refractivity contribution in [1.29, 1.82) is 0 Å². The molecule has 0 aliphatic heterocycles. The molecule has 0 aromatic heterocycles. The molecule has 0 aromatic carbocycles. The first-order valence-corrected chi connectivity index (χ1v) is 14.2. The van der Waals surface area contributed by atoms with Crippen molar-refractivity contribution >= 4 is 23.9 Å². The fourth-order valence-electron chi connectivity index (χ4n) is 3.38. The van der Waals surface area contributed by atoms with Crippen LogP contribution in [0.2, 0.25) is 0 Å². The highest BCUT2D eigenvalue weighted by atomic mass is 16.7. The molecule has 6 atom stereocenters. The number of carbonyl (C=O) groups excluding carboxylic acids is 4. The predicted octanol–water partition coefficient (Wildman–Crippen LogP) is 4.26. The topological polar surface area (TPSA) is 142 Å². The van der Waals surface area contributed by atoms with Crippen molar-refractivity contribution in [3.63, 3.8) is 0 Å². The molecule has 0 rings (SSSR count). The van der Waals surface area contributed by atoms with Crippen LogP contribution in [-0.4, -0.2) is 75.5 Å². The molecule has 0 saturated heterocycles. The standard InChI is InChI=1S/C28H50O12/c1-9-13-33-19(5)37-25(29)17-23(27(31)39-21(7)35-15-11-3)24(28(32)40-22(8)36-16-12-4)18-26(30)38-20(6)34-14-10-2/h19-24H,9-18H2,1-8H3. The van der Waals surface area contributed by atoms with Crippen molar-refractivity contribution in [2.75, 3.05) is 26.4 Å². The van der Waals surface area contributed by atoms with Crippen molar-refractivity contribution in [1.82, 2.24) is 0 Å². The maximum Gasteiger partial charge on any atom is 0.312 e. The summed E-state index contributed by atoms with van der Waals surface area (Å²) in [6.07, 6.45) is -2.08. The molecule has 0 aliphatic carbocycles. The van der Waals surface area contributed by atoms with Gasteiger partial charge in [0, 0.05) is 0 Å². The molecule has 0 spiro atoms. The fourth-order valence-corrected chi connectivity index (χ4v) is 3.38. The summed E-state index contributed by atoms with van der Waals surface area (Å²) in [6.45, 7) is 15.1. The van der Waals surface area contributed by atoms with E-state index in [1.54, 1.807) is 0 Å². The van der Waals surface area contributed by atoms with Crippen LogP contribution in [0.15, 0.2) is 0 Å². The summed E-state index contributed by atoms with van der Waals surface area (Å²) in [6, 6.07) is 0. The fraction of sp³-hybridized carbons (Fsp3) is 0.857. The zero-order chi connectivity index (χ0) is 30.5. The van der Waals surface area contributed by atoms with Crippen molar-refractivity contribution in [3.05, 3.63) is 0 Å². The summed E-state index contributed by atoms with van der Waals surface area (Å²) in [5.74, 6) is -6.43. The highest BCUT2D eigenvalue weighted by Crippen LogP contribution is 2.26. The average molecular weight is 579 g/mol. The molecule has 0 fully saturated rings. The maximum absolute atomic E-state index is 13.3. The smallest absolute Gasteiger partial charge is 0.312 e. The molecule has 0 radical (unpaired) electrons. The van der Waals surface area contributed by atoms with E-state index in [4.69, 9.17) is 37.9 Å². The van der Waals surface area contributed by atoms with Crippen molar-refractivity contribution in [3.8, 4) is 0 Å². The third kappa shape index (κ3) is 17.4. The molecular formula is C28H50O12. The number of hydrogen-bond acceptors (Lipinski definition) is 12. The number of esters is 4. The van der Waals surface area contributed by atoms with Crippen LogP contribution in [-0.2, 0) is 57.1 Å². The lowest BCUT2D eigenvalue weighted by atomic mass is 9.86. The van der Waals surface area contributed by atoms with Gasteiger partial charge in [0.2, 0.25) is 0 Å². The van der Waals surface area contributed by atoms with Gasteiger partial charge in [-0.3, -0.25) is 19.2 Å². The van der Waals surface area contributed by atoms with Crippen LogP contribution in [0.3, 0.4) is 0 Å². The quantitative estimate of drug-likeness (QED) is 0.0971. The van der Waals surface area contributed by atoms with E-state index in [0.717, 1.165) is 0 Å². The van der Waals surface area contributed by atoms with Crippen LogP contribution in [0.25, 0.3) is 0 Å². The molecule has 0 bridgehead atoms. The minimum Gasteiger partial charge on any atom is -0.436 e. The highest BCUT2D eigenvalue weighted by Gasteiger charge is 2.41. The van der Waals surface area contributed by atoms with Gasteiger partial charge in [0.05, 0.1) is 51.1 Å². The zero-order valence-corrected chi connectivity index (χ0v) is 25.4.